The van der Waals surface area contributed by atoms with Crippen LogP contribution >= 0.6 is 0 Å². The maximum Gasteiger partial charge on any atom is 0.427 e. The molecule has 1 amide bonds. The number of carbonyl (C=O) groups is 1. The summed E-state index contributed by atoms with van der Waals surface area (Å²) < 4.78 is 15.6. The van der Waals surface area contributed by atoms with Gasteiger partial charge in [0, 0.05) is 0 Å². The van der Waals surface area contributed by atoms with Crippen molar-refractivity contribution in [1.82, 2.24) is 5.43 Å². The van der Waals surface area contributed by atoms with Crippen molar-refractivity contribution in [1.29, 1.82) is 0 Å². The largest absolute Gasteiger partial charge is 0.490 e. The molecule has 0 radical (unpaired) electrons. The third kappa shape index (κ3) is 5.17. The predicted molar refractivity (Wildman–Crippen MR) is 76.5 cm³/mol. The third-order valence-corrected chi connectivity index (χ3v) is 2.21. The summed E-state index contributed by atoms with van der Waals surface area (Å²) in [5.74, 6) is 1.33. The van der Waals surface area contributed by atoms with Crippen LogP contribution in [0.3, 0.4) is 0 Å². The molecule has 1 rings (SSSR count). The van der Waals surface area contributed by atoms with Gasteiger partial charge in [-0.25, -0.2) is 10.2 Å². The molecule has 1 N–H and O–H groups in total. The molecule has 0 aliphatic heterocycles. The van der Waals surface area contributed by atoms with Crippen molar-refractivity contribution in [3.8, 4) is 11.5 Å². The molecule has 20 heavy (non-hydrogen) atoms. The van der Waals surface area contributed by atoms with E-state index in [4.69, 9.17) is 9.47 Å². The second kappa shape index (κ2) is 8.79. The second-order valence-electron chi connectivity index (χ2n) is 3.66. The first-order chi connectivity index (χ1) is 9.71. The number of hydrogen-bond donors (Lipinski definition) is 1. The van der Waals surface area contributed by atoms with Crippen molar-refractivity contribution < 1.29 is 19.0 Å². The molecule has 0 unspecified atom stereocenters. The van der Waals surface area contributed by atoms with Crippen molar-refractivity contribution in [2.45, 2.75) is 20.8 Å². The molecule has 0 bridgehead atoms. The van der Waals surface area contributed by atoms with Gasteiger partial charge < -0.3 is 14.2 Å². The average Bonchev–Trinajstić information content (AvgIpc) is 2.42. The molecular weight excluding hydrogens is 260 g/mol. The Kier molecular flexibility index (Phi) is 6.95. The summed E-state index contributed by atoms with van der Waals surface area (Å²) in [5, 5.41) is 3.79. The molecule has 0 spiro atoms. The number of hydrazone groups is 1. The number of hydrogen-bond acceptors (Lipinski definition) is 5. The number of rotatable bonds is 7. The first-order valence-corrected chi connectivity index (χ1v) is 6.56. The van der Waals surface area contributed by atoms with Crippen molar-refractivity contribution in [3.63, 3.8) is 0 Å². The smallest absolute Gasteiger partial charge is 0.427 e. The van der Waals surface area contributed by atoms with Gasteiger partial charge in [0.25, 0.3) is 0 Å². The van der Waals surface area contributed by atoms with Gasteiger partial charge in [-0.3, -0.25) is 0 Å². The van der Waals surface area contributed by atoms with Gasteiger partial charge in [0.2, 0.25) is 0 Å². The van der Waals surface area contributed by atoms with E-state index in [0.29, 0.717) is 31.3 Å². The lowest BCUT2D eigenvalue weighted by Gasteiger charge is -2.11. The van der Waals surface area contributed by atoms with Gasteiger partial charge in [0.1, 0.15) is 0 Å². The van der Waals surface area contributed by atoms with Crippen LogP contribution in [0.15, 0.2) is 23.3 Å². The van der Waals surface area contributed by atoms with Gasteiger partial charge in [-0.1, -0.05) is 0 Å². The summed E-state index contributed by atoms with van der Waals surface area (Å²) in [5.41, 5.74) is 3.05. The van der Waals surface area contributed by atoms with E-state index >= 15 is 0 Å². The number of carbonyl (C=O) groups excluding carboxylic acids is 1. The van der Waals surface area contributed by atoms with Crippen LogP contribution in [0.2, 0.25) is 0 Å². The van der Waals surface area contributed by atoms with Gasteiger partial charge in [0.05, 0.1) is 26.0 Å². The zero-order chi connectivity index (χ0) is 14.8. The molecule has 110 valence electrons. The van der Waals surface area contributed by atoms with Crippen molar-refractivity contribution >= 4 is 12.3 Å². The van der Waals surface area contributed by atoms with Crippen LogP contribution in [0.1, 0.15) is 26.3 Å². The van der Waals surface area contributed by atoms with Gasteiger partial charge in [0.15, 0.2) is 11.5 Å². The summed E-state index contributed by atoms with van der Waals surface area (Å²) in [6, 6.07) is 5.43. The van der Waals surface area contributed by atoms with E-state index in [2.05, 4.69) is 15.3 Å². The summed E-state index contributed by atoms with van der Waals surface area (Å²) in [6.07, 6.45) is 0.925. The number of amides is 1. The highest BCUT2D eigenvalue weighted by molar-refractivity contribution is 5.82. The molecule has 0 aromatic heterocycles. The molecule has 0 saturated heterocycles. The zero-order valence-electron chi connectivity index (χ0n) is 12.0. The van der Waals surface area contributed by atoms with Crippen molar-refractivity contribution in [2.75, 3.05) is 19.8 Å². The van der Waals surface area contributed by atoms with E-state index in [-0.39, 0.29) is 0 Å². The molecule has 1 aromatic carbocycles. The Morgan fingerprint density at radius 2 is 1.85 bits per heavy atom. The Hall–Kier alpha value is -2.24. The van der Waals surface area contributed by atoms with E-state index in [0.717, 1.165) is 5.56 Å². The third-order valence-electron chi connectivity index (χ3n) is 2.21. The monoisotopic (exact) mass is 280 g/mol. The quantitative estimate of drug-likeness (QED) is 0.615. The minimum absolute atomic E-state index is 0.304. The first-order valence-electron chi connectivity index (χ1n) is 6.56. The Balaban J connectivity index is 2.73. The highest BCUT2D eigenvalue weighted by atomic mass is 16.5. The molecule has 6 nitrogen and oxygen atoms in total. The minimum atomic E-state index is -0.584. The maximum atomic E-state index is 11.1. The molecule has 0 saturated carbocycles. The lowest BCUT2D eigenvalue weighted by Crippen LogP contribution is -2.18. The first kappa shape index (κ1) is 15.8. The van der Waals surface area contributed by atoms with Gasteiger partial charge >= 0.3 is 6.09 Å². The highest BCUT2D eigenvalue weighted by Crippen LogP contribution is 2.27. The summed E-state index contributed by atoms with van der Waals surface area (Å²) in [4.78, 5) is 11.1. The average molecular weight is 280 g/mol. The number of nitrogens with zero attached hydrogens (tertiary/aromatic N) is 1. The topological polar surface area (TPSA) is 69.2 Å². The Morgan fingerprint density at radius 1 is 1.15 bits per heavy atom. The second-order valence-corrected chi connectivity index (χ2v) is 3.66. The fraction of sp³-hybridized carbons (Fsp3) is 0.429. The minimum Gasteiger partial charge on any atom is -0.490 e. The zero-order valence-corrected chi connectivity index (χ0v) is 12.0. The van der Waals surface area contributed by atoms with Crippen molar-refractivity contribution in [2.24, 2.45) is 5.10 Å². The summed E-state index contributed by atoms with van der Waals surface area (Å²) in [7, 11) is 0. The number of ether oxygens (including phenoxy) is 3. The molecular formula is C14H20N2O4. The van der Waals surface area contributed by atoms with Crippen LogP contribution < -0.4 is 14.9 Å². The number of nitrogens with one attached hydrogen (secondary N) is 1. The van der Waals surface area contributed by atoms with Crippen LogP contribution in [0.4, 0.5) is 4.79 Å². The van der Waals surface area contributed by atoms with Crippen molar-refractivity contribution in [3.05, 3.63) is 23.8 Å². The van der Waals surface area contributed by atoms with E-state index in [9.17, 15) is 4.79 Å². The Labute approximate surface area is 118 Å². The van der Waals surface area contributed by atoms with Gasteiger partial charge in [-0.05, 0) is 44.5 Å². The molecule has 0 fully saturated rings. The normalized spacial score (nSPS) is 10.3. The van der Waals surface area contributed by atoms with Crippen LogP contribution in [0.25, 0.3) is 0 Å². The summed E-state index contributed by atoms with van der Waals surface area (Å²) in [6.45, 7) is 6.95. The van der Waals surface area contributed by atoms with E-state index in [1.807, 2.05) is 19.9 Å². The van der Waals surface area contributed by atoms with E-state index in [1.165, 1.54) is 6.21 Å². The standard InChI is InChI=1S/C14H20N2O4/c1-4-18-12-8-7-11(9-13(12)19-5-2)10-15-16-14(17)20-6-3/h7-10H,4-6H2,1-3H3,(H,16,17). The van der Waals surface area contributed by atoms with E-state index < -0.39 is 6.09 Å². The van der Waals surface area contributed by atoms with Crippen LogP contribution in [0, 0.1) is 0 Å². The Bertz CT molecular complexity index is 460. The van der Waals surface area contributed by atoms with Crippen LogP contribution in [-0.4, -0.2) is 32.1 Å². The van der Waals surface area contributed by atoms with Crippen LogP contribution in [-0.2, 0) is 4.74 Å². The maximum absolute atomic E-state index is 11.1. The summed E-state index contributed by atoms with van der Waals surface area (Å²) >= 11 is 0. The van der Waals surface area contributed by atoms with Gasteiger partial charge in [-0.2, -0.15) is 5.10 Å². The molecule has 6 heteroatoms. The van der Waals surface area contributed by atoms with Gasteiger partial charge in [-0.15, -0.1) is 0 Å². The molecule has 0 atom stereocenters. The molecule has 0 aliphatic rings. The molecule has 0 heterocycles. The molecule has 1 aromatic rings. The van der Waals surface area contributed by atoms with Crippen LogP contribution in [0.5, 0.6) is 11.5 Å². The fourth-order valence-corrected chi connectivity index (χ4v) is 1.47. The Morgan fingerprint density at radius 3 is 2.50 bits per heavy atom. The lowest BCUT2D eigenvalue weighted by atomic mass is 10.2. The fourth-order valence-electron chi connectivity index (χ4n) is 1.47. The van der Waals surface area contributed by atoms with E-state index in [1.54, 1.807) is 19.1 Å². The lowest BCUT2D eigenvalue weighted by molar-refractivity contribution is 0.152. The SMILES string of the molecule is CCOC(=O)NN=Cc1ccc(OCC)c(OCC)c1. The highest BCUT2D eigenvalue weighted by Gasteiger charge is 2.05. The number of benzene rings is 1. The molecule has 0 aliphatic carbocycles. The predicted octanol–water partition coefficient (Wildman–Crippen LogP) is 2.56.